The zero-order valence-corrected chi connectivity index (χ0v) is 11.6. The molecule has 0 radical (unpaired) electrons. The van der Waals surface area contributed by atoms with Crippen molar-refractivity contribution in [3.63, 3.8) is 0 Å². The van der Waals surface area contributed by atoms with E-state index in [0.29, 0.717) is 15.1 Å². The van der Waals surface area contributed by atoms with Crippen molar-refractivity contribution >= 4 is 39.4 Å². The first-order valence-electron chi connectivity index (χ1n) is 4.75. The van der Waals surface area contributed by atoms with Gasteiger partial charge in [-0.15, -0.1) is 0 Å². The number of amides is 1. The number of rotatable bonds is 3. The molecule has 0 heterocycles. The van der Waals surface area contributed by atoms with Crippen LogP contribution in [0.15, 0.2) is 22.7 Å². The fraction of sp³-hybridized carbons (Fsp3) is 0.273. The summed E-state index contributed by atoms with van der Waals surface area (Å²) in [5, 5.41) is 11.8. The maximum absolute atomic E-state index is 11.8. The summed E-state index contributed by atoms with van der Waals surface area (Å²) in [5.74, 6) is -1.57. The molecule has 0 aliphatic heterocycles. The summed E-state index contributed by atoms with van der Waals surface area (Å²) in [7, 11) is 0. The van der Waals surface area contributed by atoms with E-state index in [0.717, 1.165) is 0 Å². The van der Waals surface area contributed by atoms with E-state index in [2.05, 4.69) is 21.2 Å². The van der Waals surface area contributed by atoms with Crippen LogP contribution in [0.5, 0.6) is 0 Å². The number of carbonyl (C=O) groups is 2. The van der Waals surface area contributed by atoms with Crippen LogP contribution in [0.25, 0.3) is 0 Å². The van der Waals surface area contributed by atoms with Gasteiger partial charge in [-0.2, -0.15) is 0 Å². The van der Waals surface area contributed by atoms with Gasteiger partial charge >= 0.3 is 5.97 Å². The van der Waals surface area contributed by atoms with Gasteiger partial charge in [-0.3, -0.25) is 4.79 Å². The predicted octanol–water partition coefficient (Wildman–Crippen LogP) is 2.70. The first-order chi connectivity index (χ1) is 7.74. The van der Waals surface area contributed by atoms with Crippen molar-refractivity contribution in [2.45, 2.75) is 19.4 Å². The molecule has 0 unspecified atom stereocenters. The molecular weight excluding hydrogens is 309 g/mol. The first kappa shape index (κ1) is 14.0. The number of benzene rings is 1. The number of hydrogen-bond acceptors (Lipinski definition) is 2. The van der Waals surface area contributed by atoms with Gasteiger partial charge in [0.15, 0.2) is 0 Å². The molecule has 6 heteroatoms. The molecule has 0 saturated heterocycles. The van der Waals surface area contributed by atoms with Crippen LogP contribution < -0.4 is 5.32 Å². The standard InChI is InChI=1S/C11H11BrClNO3/c1-11(2,10(16)17)14-9(15)7-4-3-6(13)5-8(7)12/h3-5H,1-2H3,(H,14,15)(H,16,17). The van der Waals surface area contributed by atoms with Gasteiger partial charge in [-0.05, 0) is 48.0 Å². The highest BCUT2D eigenvalue weighted by Gasteiger charge is 2.29. The molecule has 1 rings (SSSR count). The molecule has 0 saturated carbocycles. The second kappa shape index (κ2) is 5.06. The molecular formula is C11H11BrClNO3. The van der Waals surface area contributed by atoms with Crippen molar-refractivity contribution in [1.29, 1.82) is 0 Å². The predicted molar refractivity (Wildman–Crippen MR) is 68.3 cm³/mol. The average Bonchev–Trinajstić information content (AvgIpc) is 2.15. The van der Waals surface area contributed by atoms with Crippen LogP contribution in [0.4, 0.5) is 0 Å². The van der Waals surface area contributed by atoms with E-state index in [1.54, 1.807) is 12.1 Å². The molecule has 1 aromatic carbocycles. The molecule has 0 aliphatic carbocycles. The number of halogens is 2. The zero-order chi connectivity index (χ0) is 13.2. The number of hydrogen-bond donors (Lipinski definition) is 2. The lowest BCUT2D eigenvalue weighted by atomic mass is 10.1. The number of carboxylic acids is 1. The van der Waals surface area contributed by atoms with Crippen LogP contribution in [-0.4, -0.2) is 22.5 Å². The topological polar surface area (TPSA) is 66.4 Å². The highest BCUT2D eigenvalue weighted by Crippen LogP contribution is 2.22. The number of aliphatic carboxylic acids is 1. The van der Waals surface area contributed by atoms with Crippen molar-refractivity contribution in [3.05, 3.63) is 33.3 Å². The van der Waals surface area contributed by atoms with E-state index in [1.807, 2.05) is 0 Å². The lowest BCUT2D eigenvalue weighted by Crippen LogP contribution is -2.49. The molecule has 0 atom stereocenters. The molecule has 17 heavy (non-hydrogen) atoms. The minimum absolute atomic E-state index is 0.337. The maximum atomic E-state index is 11.8. The van der Waals surface area contributed by atoms with Crippen LogP contribution in [-0.2, 0) is 4.79 Å². The van der Waals surface area contributed by atoms with Crippen LogP contribution in [0.1, 0.15) is 24.2 Å². The van der Waals surface area contributed by atoms with Crippen molar-refractivity contribution in [2.24, 2.45) is 0 Å². The monoisotopic (exact) mass is 319 g/mol. The molecule has 92 valence electrons. The Balaban J connectivity index is 2.95. The molecule has 0 aromatic heterocycles. The minimum Gasteiger partial charge on any atom is -0.480 e. The molecule has 1 aromatic rings. The van der Waals surface area contributed by atoms with E-state index in [4.69, 9.17) is 16.7 Å². The van der Waals surface area contributed by atoms with Crippen molar-refractivity contribution in [3.8, 4) is 0 Å². The molecule has 0 spiro atoms. The normalized spacial score (nSPS) is 11.1. The zero-order valence-electron chi connectivity index (χ0n) is 9.25. The van der Waals surface area contributed by atoms with Gasteiger partial charge in [0.25, 0.3) is 5.91 Å². The van der Waals surface area contributed by atoms with E-state index in [1.165, 1.54) is 19.9 Å². The van der Waals surface area contributed by atoms with Gasteiger partial charge in [-0.25, -0.2) is 4.79 Å². The number of carboxylic acid groups (broad SMARTS) is 1. The SMILES string of the molecule is CC(C)(NC(=O)c1ccc(Cl)cc1Br)C(=O)O. The molecule has 0 bridgehead atoms. The van der Waals surface area contributed by atoms with Crippen molar-refractivity contribution < 1.29 is 14.7 Å². The lowest BCUT2D eigenvalue weighted by Gasteiger charge is -2.21. The highest BCUT2D eigenvalue weighted by atomic mass is 79.9. The summed E-state index contributed by atoms with van der Waals surface area (Å²) < 4.78 is 0.517. The second-order valence-electron chi connectivity index (χ2n) is 4.01. The quantitative estimate of drug-likeness (QED) is 0.900. The van der Waals surface area contributed by atoms with Gasteiger partial charge in [-0.1, -0.05) is 11.6 Å². The summed E-state index contributed by atoms with van der Waals surface area (Å²) >= 11 is 8.95. The van der Waals surface area contributed by atoms with E-state index >= 15 is 0 Å². The highest BCUT2D eigenvalue weighted by molar-refractivity contribution is 9.10. The van der Waals surface area contributed by atoms with Gasteiger partial charge in [0.1, 0.15) is 5.54 Å². The van der Waals surface area contributed by atoms with Crippen molar-refractivity contribution in [1.82, 2.24) is 5.32 Å². The van der Waals surface area contributed by atoms with Crippen molar-refractivity contribution in [2.75, 3.05) is 0 Å². The molecule has 0 fully saturated rings. The van der Waals surface area contributed by atoms with Gasteiger partial charge < -0.3 is 10.4 Å². The van der Waals surface area contributed by atoms with Crippen LogP contribution >= 0.6 is 27.5 Å². The summed E-state index contributed by atoms with van der Waals surface area (Å²) in [6, 6.07) is 4.67. The Morgan fingerprint density at radius 2 is 2.00 bits per heavy atom. The van der Waals surface area contributed by atoms with E-state index < -0.39 is 17.4 Å². The minimum atomic E-state index is -1.32. The van der Waals surface area contributed by atoms with Gasteiger partial charge in [0.2, 0.25) is 0 Å². The van der Waals surface area contributed by atoms with Crippen LogP contribution in [0.2, 0.25) is 5.02 Å². The Morgan fingerprint density at radius 3 is 2.47 bits per heavy atom. The Kier molecular flexibility index (Phi) is 4.16. The summed E-state index contributed by atoms with van der Waals surface area (Å²) in [6.07, 6.45) is 0. The van der Waals surface area contributed by atoms with Gasteiger partial charge in [0.05, 0.1) is 5.56 Å². The smallest absolute Gasteiger partial charge is 0.328 e. The largest absolute Gasteiger partial charge is 0.480 e. The maximum Gasteiger partial charge on any atom is 0.328 e. The second-order valence-corrected chi connectivity index (χ2v) is 5.30. The fourth-order valence-electron chi connectivity index (χ4n) is 1.08. The number of carbonyl (C=O) groups excluding carboxylic acids is 1. The summed E-state index contributed by atoms with van der Waals surface area (Å²) in [6.45, 7) is 2.83. The van der Waals surface area contributed by atoms with Crippen LogP contribution in [0.3, 0.4) is 0 Å². The Labute approximate surface area is 112 Å². The Hall–Kier alpha value is -1.07. The molecule has 1 amide bonds. The fourth-order valence-corrected chi connectivity index (χ4v) is 1.94. The van der Waals surface area contributed by atoms with E-state index in [-0.39, 0.29) is 0 Å². The summed E-state index contributed by atoms with van der Waals surface area (Å²) in [5.41, 5.74) is -0.986. The van der Waals surface area contributed by atoms with Crippen LogP contribution in [0, 0.1) is 0 Å². The number of nitrogens with one attached hydrogen (secondary N) is 1. The third-order valence-corrected chi connectivity index (χ3v) is 3.03. The Bertz CT molecular complexity index is 474. The van der Waals surface area contributed by atoms with Gasteiger partial charge in [0, 0.05) is 9.50 Å². The first-order valence-corrected chi connectivity index (χ1v) is 5.92. The third-order valence-electron chi connectivity index (χ3n) is 2.14. The average molecular weight is 321 g/mol. The third kappa shape index (κ3) is 3.44. The molecule has 0 aliphatic rings. The van der Waals surface area contributed by atoms with E-state index in [9.17, 15) is 9.59 Å². The summed E-state index contributed by atoms with van der Waals surface area (Å²) in [4.78, 5) is 22.7. The Morgan fingerprint density at radius 1 is 1.41 bits per heavy atom. The molecule has 2 N–H and O–H groups in total. The lowest BCUT2D eigenvalue weighted by molar-refractivity contribution is -0.143. The molecule has 4 nitrogen and oxygen atoms in total.